The summed E-state index contributed by atoms with van der Waals surface area (Å²) < 4.78 is 8.04. The third-order valence-corrected chi connectivity index (χ3v) is 7.97. The third-order valence-electron chi connectivity index (χ3n) is 7.65. The Kier molecular flexibility index (Phi) is 7.20. The van der Waals surface area contributed by atoms with Gasteiger partial charge in [-0.25, -0.2) is 0 Å². The van der Waals surface area contributed by atoms with Crippen LogP contribution in [0.2, 0.25) is 0 Å². The molecular weight excluding hydrogens is 482 g/mol. The molecule has 5 rings (SSSR count). The van der Waals surface area contributed by atoms with Gasteiger partial charge in [-0.1, -0.05) is 25.3 Å². The largest absolute Gasteiger partial charge is 0.495 e. The number of ether oxygens (including phenoxy) is 1. The van der Waals surface area contributed by atoms with Gasteiger partial charge in [0.2, 0.25) is 5.91 Å². The fraction of sp³-hybridized carbons (Fsp3) is 0.414. The Bertz CT molecular complexity index is 1300. The summed E-state index contributed by atoms with van der Waals surface area (Å²) in [6.07, 6.45) is 8.17. The number of aromatic nitrogens is 2. The van der Waals surface area contributed by atoms with Crippen LogP contribution >= 0.6 is 12.2 Å². The maximum absolute atomic E-state index is 11.9. The number of carbonyl (C=O) groups is 1. The van der Waals surface area contributed by atoms with E-state index >= 15 is 0 Å². The van der Waals surface area contributed by atoms with Crippen molar-refractivity contribution in [3.63, 3.8) is 0 Å². The molecule has 1 aliphatic heterocycles. The second kappa shape index (κ2) is 10.5. The minimum absolute atomic E-state index is 0.107. The van der Waals surface area contributed by atoms with Crippen molar-refractivity contribution in [2.24, 2.45) is 0 Å². The van der Waals surface area contributed by atoms with Crippen LogP contribution in [0.3, 0.4) is 0 Å². The highest BCUT2D eigenvalue weighted by Crippen LogP contribution is 2.45. The van der Waals surface area contributed by atoms with Gasteiger partial charge in [0.15, 0.2) is 5.11 Å². The number of methoxy groups -OCH3 is 1. The molecule has 2 fully saturated rings. The summed E-state index contributed by atoms with van der Waals surface area (Å²) in [5.41, 5.74) is 6.24. The maximum Gasteiger partial charge on any atom is 0.221 e. The van der Waals surface area contributed by atoms with E-state index in [0.717, 1.165) is 11.4 Å². The standard InChI is InChI=1S/C29H35N5O2S/c1-18-16-23(19(2)33(18)21-10-6-5-7-11-21)28-27(24-12-8-9-15-30-24)32-29(37)34(28)22-13-14-26(36-4)25(17-22)31-20(3)35/h8-9,12-17,21,27-28H,5-7,10-11H2,1-4H3,(H,31,35)(H,32,37)/t27-,28+/m0/s1. The molecule has 2 N–H and O–H groups in total. The van der Waals surface area contributed by atoms with Gasteiger partial charge in [0.05, 0.1) is 30.6 Å². The number of hydrogen-bond donors (Lipinski definition) is 2. The molecule has 2 aliphatic rings. The van der Waals surface area contributed by atoms with Gasteiger partial charge in [-0.2, -0.15) is 0 Å². The molecule has 0 unspecified atom stereocenters. The predicted octanol–water partition coefficient (Wildman–Crippen LogP) is 6.15. The highest BCUT2D eigenvalue weighted by molar-refractivity contribution is 7.80. The van der Waals surface area contributed by atoms with E-state index in [1.54, 1.807) is 7.11 Å². The van der Waals surface area contributed by atoms with Gasteiger partial charge in [-0.3, -0.25) is 9.78 Å². The van der Waals surface area contributed by atoms with Crippen LogP contribution in [0.15, 0.2) is 48.7 Å². The van der Waals surface area contributed by atoms with Crippen molar-refractivity contribution in [1.82, 2.24) is 14.9 Å². The SMILES string of the molecule is COc1ccc(N2C(=S)N[C@@H](c3ccccn3)[C@H]2c2cc(C)n(C3CCCCC3)c2C)cc1NC(C)=O. The number of rotatable bonds is 6. The number of thiocarbonyl (C=S) groups is 1. The van der Waals surface area contributed by atoms with E-state index in [0.29, 0.717) is 22.6 Å². The van der Waals surface area contributed by atoms with Gasteiger partial charge in [0, 0.05) is 36.2 Å². The average molecular weight is 518 g/mol. The molecule has 7 nitrogen and oxygen atoms in total. The van der Waals surface area contributed by atoms with Crippen molar-refractivity contribution in [3.05, 3.63) is 71.3 Å². The Morgan fingerprint density at radius 2 is 1.92 bits per heavy atom. The van der Waals surface area contributed by atoms with E-state index in [1.165, 1.54) is 56.0 Å². The molecule has 1 aliphatic carbocycles. The van der Waals surface area contributed by atoms with Crippen molar-refractivity contribution in [2.75, 3.05) is 17.3 Å². The van der Waals surface area contributed by atoms with E-state index in [9.17, 15) is 4.79 Å². The number of aryl methyl sites for hydroxylation is 1. The van der Waals surface area contributed by atoms with Crippen LogP contribution in [0.25, 0.3) is 0 Å². The highest BCUT2D eigenvalue weighted by atomic mass is 32.1. The van der Waals surface area contributed by atoms with Crippen molar-refractivity contribution in [3.8, 4) is 5.75 Å². The number of nitrogens with one attached hydrogen (secondary N) is 2. The van der Waals surface area contributed by atoms with E-state index in [-0.39, 0.29) is 18.0 Å². The fourth-order valence-electron chi connectivity index (χ4n) is 6.09. The second-order valence-corrected chi connectivity index (χ2v) is 10.4. The van der Waals surface area contributed by atoms with Crippen molar-refractivity contribution in [1.29, 1.82) is 0 Å². The highest BCUT2D eigenvalue weighted by Gasteiger charge is 2.42. The summed E-state index contributed by atoms with van der Waals surface area (Å²) in [6.45, 7) is 5.95. The lowest BCUT2D eigenvalue weighted by Gasteiger charge is -2.30. The van der Waals surface area contributed by atoms with Crippen LogP contribution in [0.5, 0.6) is 5.75 Å². The van der Waals surface area contributed by atoms with Gasteiger partial charge in [0.1, 0.15) is 5.75 Å². The summed E-state index contributed by atoms with van der Waals surface area (Å²) in [5, 5.41) is 7.08. The molecule has 2 aromatic heterocycles. The van der Waals surface area contributed by atoms with Crippen LogP contribution < -0.4 is 20.3 Å². The van der Waals surface area contributed by atoms with E-state index in [2.05, 4.69) is 40.0 Å². The Balaban J connectivity index is 1.63. The van der Waals surface area contributed by atoms with Crippen molar-refractivity contribution in [2.45, 2.75) is 71.0 Å². The molecule has 37 heavy (non-hydrogen) atoms. The van der Waals surface area contributed by atoms with Crippen LogP contribution in [0, 0.1) is 13.8 Å². The average Bonchev–Trinajstić information content (AvgIpc) is 3.39. The molecule has 1 saturated carbocycles. The third kappa shape index (κ3) is 4.82. The zero-order valence-electron chi connectivity index (χ0n) is 22.0. The van der Waals surface area contributed by atoms with Gasteiger partial charge < -0.3 is 24.8 Å². The topological polar surface area (TPSA) is 71.4 Å². The second-order valence-electron chi connectivity index (χ2n) is 10.1. The summed E-state index contributed by atoms with van der Waals surface area (Å²) in [6, 6.07) is 14.4. The van der Waals surface area contributed by atoms with Gasteiger partial charge in [0.25, 0.3) is 0 Å². The first-order valence-corrected chi connectivity index (χ1v) is 13.4. The first-order valence-electron chi connectivity index (χ1n) is 13.0. The number of anilines is 2. The van der Waals surface area contributed by atoms with E-state index in [1.807, 2.05) is 42.6 Å². The minimum atomic E-state index is -0.156. The number of hydrogen-bond acceptors (Lipinski definition) is 4. The monoisotopic (exact) mass is 517 g/mol. The van der Waals surface area contributed by atoms with Crippen molar-refractivity contribution >= 4 is 34.6 Å². The number of pyridine rings is 1. The Labute approximate surface area is 224 Å². The number of carbonyl (C=O) groups excluding carboxylic acids is 1. The van der Waals surface area contributed by atoms with Crippen LogP contribution in [-0.2, 0) is 4.79 Å². The molecule has 2 atom stereocenters. The lowest BCUT2D eigenvalue weighted by molar-refractivity contribution is -0.114. The number of amides is 1. The maximum atomic E-state index is 11.9. The lowest BCUT2D eigenvalue weighted by Crippen LogP contribution is -2.29. The molecule has 0 radical (unpaired) electrons. The summed E-state index contributed by atoms with van der Waals surface area (Å²) >= 11 is 5.94. The predicted molar refractivity (Wildman–Crippen MR) is 151 cm³/mol. The summed E-state index contributed by atoms with van der Waals surface area (Å²) in [7, 11) is 1.60. The Morgan fingerprint density at radius 1 is 1.14 bits per heavy atom. The summed E-state index contributed by atoms with van der Waals surface area (Å²) in [4.78, 5) is 18.8. The van der Waals surface area contributed by atoms with Crippen molar-refractivity contribution < 1.29 is 9.53 Å². The smallest absolute Gasteiger partial charge is 0.221 e. The van der Waals surface area contributed by atoms with Gasteiger partial charge >= 0.3 is 0 Å². The van der Waals surface area contributed by atoms with E-state index < -0.39 is 0 Å². The number of nitrogens with zero attached hydrogens (tertiary/aromatic N) is 3. The van der Waals surface area contributed by atoms with E-state index in [4.69, 9.17) is 21.9 Å². The normalized spacial score (nSPS) is 20.1. The number of benzene rings is 1. The molecule has 1 amide bonds. The molecule has 194 valence electrons. The Morgan fingerprint density at radius 3 is 2.59 bits per heavy atom. The molecule has 3 aromatic rings. The first-order chi connectivity index (χ1) is 17.9. The molecule has 3 heterocycles. The molecule has 8 heteroatoms. The summed E-state index contributed by atoms with van der Waals surface area (Å²) in [5.74, 6) is 0.446. The quantitative estimate of drug-likeness (QED) is 0.382. The van der Waals surface area contributed by atoms with Crippen LogP contribution in [-0.4, -0.2) is 27.7 Å². The molecule has 1 saturated heterocycles. The van der Waals surface area contributed by atoms with Crippen LogP contribution in [0.1, 0.15) is 79.8 Å². The molecular formula is C29H35N5O2S. The zero-order valence-corrected chi connectivity index (χ0v) is 22.8. The Hall–Kier alpha value is -3.39. The minimum Gasteiger partial charge on any atom is -0.495 e. The zero-order chi connectivity index (χ0) is 26.1. The molecule has 0 bridgehead atoms. The molecule has 1 aromatic carbocycles. The first kappa shape index (κ1) is 25.3. The van der Waals surface area contributed by atoms with Crippen LogP contribution in [0.4, 0.5) is 11.4 Å². The molecule has 0 spiro atoms. The lowest BCUT2D eigenvalue weighted by atomic mass is 9.94. The fourth-order valence-corrected chi connectivity index (χ4v) is 6.43. The van der Waals surface area contributed by atoms with Gasteiger partial charge in [-0.05, 0) is 80.9 Å². The van der Waals surface area contributed by atoms with Gasteiger partial charge in [-0.15, -0.1) is 0 Å².